The molecule has 0 saturated carbocycles. The maximum atomic E-state index is 13.1. The number of carboxylic acids is 1. The lowest BCUT2D eigenvalue weighted by molar-refractivity contribution is -0.145. The van der Waals surface area contributed by atoms with Gasteiger partial charge in [-0.15, -0.1) is 0 Å². The summed E-state index contributed by atoms with van der Waals surface area (Å²) in [5.74, 6) is -1.31. The first-order chi connectivity index (χ1) is 29.3. The summed E-state index contributed by atoms with van der Waals surface area (Å²) in [7, 11) is -9.42. The molecule has 2 atom stereocenters. The van der Waals surface area contributed by atoms with Gasteiger partial charge in [0.2, 0.25) is 20.0 Å². The fourth-order valence-electron chi connectivity index (χ4n) is 6.78. The van der Waals surface area contributed by atoms with Crippen molar-refractivity contribution in [3.8, 4) is 0 Å². The van der Waals surface area contributed by atoms with Gasteiger partial charge in [-0.1, -0.05) is 42.5 Å². The van der Waals surface area contributed by atoms with Crippen molar-refractivity contribution < 1.29 is 84.2 Å². The van der Waals surface area contributed by atoms with Crippen LogP contribution < -0.4 is 9.44 Å². The van der Waals surface area contributed by atoms with Gasteiger partial charge in [-0.2, -0.15) is 52.7 Å². The Hall–Kier alpha value is -5.52. The monoisotopic (exact) mass is 956 g/mol. The Morgan fingerprint density at radius 1 is 0.547 bits per heavy atom. The quantitative estimate of drug-likeness (QED) is 0.106. The van der Waals surface area contributed by atoms with E-state index in [1.807, 2.05) is 0 Å². The molecule has 23 heteroatoms. The van der Waals surface area contributed by atoms with Crippen molar-refractivity contribution in [2.24, 2.45) is 0 Å². The molecule has 2 unspecified atom stereocenters. The zero-order valence-electron chi connectivity index (χ0n) is 32.5. The number of benzene rings is 4. The van der Waals surface area contributed by atoms with Crippen LogP contribution in [0.15, 0.2) is 94.7 Å². The fourth-order valence-corrected chi connectivity index (χ4v) is 9.42. The Labute approximate surface area is 356 Å². The first-order valence-electron chi connectivity index (χ1n) is 18.3. The molecule has 344 valence electrons. The first-order valence-corrected chi connectivity index (χ1v) is 21.3. The average molecular weight is 957 g/mol. The van der Waals surface area contributed by atoms with E-state index in [1.165, 1.54) is 31.2 Å². The number of hydrogen-bond acceptors (Lipinski definition) is 6. The molecule has 2 aliphatic carbocycles. The fraction of sp³-hybridized carbons (Fsp3) is 0.268. The number of nitrogens with one attached hydrogen (secondary N) is 2. The molecule has 0 bridgehead atoms. The highest BCUT2D eigenvalue weighted by molar-refractivity contribution is 7.89. The molecule has 4 aromatic carbocycles. The normalized spacial score (nSPS) is 17.0. The molecular formula is C41H32F12N2O7S2. The number of fused-ring (bicyclic) bond motifs is 2. The third kappa shape index (κ3) is 12.4. The van der Waals surface area contributed by atoms with Gasteiger partial charge in [-0.05, 0) is 115 Å². The van der Waals surface area contributed by atoms with Crippen molar-refractivity contribution in [1.29, 1.82) is 0 Å². The van der Waals surface area contributed by atoms with Crippen LogP contribution in [0.2, 0.25) is 0 Å². The van der Waals surface area contributed by atoms with Crippen molar-refractivity contribution in [2.75, 3.05) is 0 Å². The minimum atomic E-state index is -5.18. The zero-order valence-corrected chi connectivity index (χ0v) is 34.1. The number of aryl methyl sites for hydroxylation is 2. The summed E-state index contributed by atoms with van der Waals surface area (Å²) in [6.45, 7) is 1.38. The molecule has 6 rings (SSSR count). The Balaban J connectivity index is 0.000000241. The molecule has 0 radical (unpaired) electrons. The van der Waals surface area contributed by atoms with Gasteiger partial charge in [-0.25, -0.2) is 31.1 Å². The summed E-state index contributed by atoms with van der Waals surface area (Å²) in [5, 5.41) is 8.68. The van der Waals surface area contributed by atoms with Gasteiger partial charge in [0.05, 0.1) is 32.0 Å². The van der Waals surface area contributed by atoms with E-state index in [-0.39, 0.29) is 55.0 Å². The Kier molecular flexibility index (Phi) is 14.0. The highest BCUT2D eigenvalue weighted by Crippen LogP contribution is 2.41. The highest BCUT2D eigenvalue weighted by atomic mass is 32.2. The summed E-state index contributed by atoms with van der Waals surface area (Å²) >= 11 is 0. The van der Waals surface area contributed by atoms with E-state index in [2.05, 4.69) is 9.44 Å². The lowest BCUT2D eigenvalue weighted by Crippen LogP contribution is -2.28. The van der Waals surface area contributed by atoms with E-state index in [4.69, 9.17) is 5.11 Å². The second kappa shape index (κ2) is 18.2. The van der Waals surface area contributed by atoms with Crippen molar-refractivity contribution in [2.45, 2.75) is 79.2 Å². The van der Waals surface area contributed by atoms with Gasteiger partial charge < -0.3 is 5.11 Å². The van der Waals surface area contributed by atoms with Crippen LogP contribution in [0, 0.1) is 0 Å². The standard InChI is InChI=1S/C21H17F6NO3S.C20H15F6NO4S/c1-12(29)2-3-13-4-6-18-14(8-13)5-7-19(18)28-32(30,31)17-10-15(20(22,23)24)9-16(11-17)21(25,26)27;21-19(22,23)13-8-14(20(24,25)26)10-15(9-13)32(30,31)27-17-5-3-12-7-11(1-4-16(12)17)2-6-18(28)29/h2-4,6,8-11,19,28H,5,7H2,1H3;1-2,4,6-10,17,27H,3,5H2,(H,28,29)/b3-2+;6-2+. The summed E-state index contributed by atoms with van der Waals surface area (Å²) in [6.07, 6.45) is -14.1. The van der Waals surface area contributed by atoms with Crippen LogP contribution in [0.3, 0.4) is 0 Å². The molecule has 0 amide bonds. The molecule has 0 fully saturated rings. The number of halogens is 12. The van der Waals surface area contributed by atoms with E-state index in [1.54, 1.807) is 30.3 Å². The molecule has 64 heavy (non-hydrogen) atoms. The third-order valence-electron chi connectivity index (χ3n) is 9.76. The Morgan fingerprint density at radius 3 is 1.17 bits per heavy atom. The van der Waals surface area contributed by atoms with Crippen molar-refractivity contribution in [3.05, 3.63) is 141 Å². The summed E-state index contributed by atoms with van der Waals surface area (Å²) in [6, 6.07) is 8.43. The zero-order chi connectivity index (χ0) is 47.8. The number of sulfonamides is 2. The molecule has 9 nitrogen and oxygen atoms in total. The number of ketones is 1. The number of hydrogen-bond donors (Lipinski definition) is 3. The van der Waals surface area contributed by atoms with Crippen LogP contribution in [0.4, 0.5) is 52.7 Å². The van der Waals surface area contributed by atoms with Crippen LogP contribution in [0.25, 0.3) is 12.2 Å². The SMILES string of the molecule is CC(=O)/C=C/c1ccc2c(c1)CCC2NS(=O)(=O)c1cc(C(F)(F)F)cc(C(F)(F)F)c1.O=C(O)/C=C/c1ccc2c(c1)CCC2NS(=O)(=O)c1cc(C(F)(F)F)cc(C(F)(F)F)c1. The van der Waals surface area contributed by atoms with Gasteiger partial charge in [0.1, 0.15) is 0 Å². The molecular weight excluding hydrogens is 925 g/mol. The second-order valence-electron chi connectivity index (χ2n) is 14.4. The van der Waals surface area contributed by atoms with Crippen molar-refractivity contribution >= 4 is 44.0 Å². The lowest BCUT2D eigenvalue weighted by Gasteiger charge is -2.17. The van der Waals surface area contributed by atoms with Gasteiger partial charge in [0, 0.05) is 18.2 Å². The molecule has 0 saturated heterocycles. The minimum Gasteiger partial charge on any atom is -0.478 e. The number of rotatable bonds is 10. The van der Waals surface area contributed by atoms with Crippen LogP contribution >= 0.6 is 0 Å². The predicted molar refractivity (Wildman–Crippen MR) is 205 cm³/mol. The molecule has 0 heterocycles. The molecule has 3 N–H and O–H groups in total. The highest BCUT2D eigenvalue weighted by Gasteiger charge is 2.41. The van der Waals surface area contributed by atoms with Crippen LogP contribution in [0.5, 0.6) is 0 Å². The third-order valence-corrected chi connectivity index (χ3v) is 12.7. The maximum Gasteiger partial charge on any atom is 0.416 e. The number of carboxylic acid groups (broad SMARTS) is 1. The van der Waals surface area contributed by atoms with E-state index in [0.717, 1.165) is 11.6 Å². The first kappa shape index (κ1) is 49.5. The maximum absolute atomic E-state index is 13.1. The van der Waals surface area contributed by atoms with Gasteiger partial charge >= 0.3 is 30.7 Å². The number of alkyl halides is 12. The number of allylic oxidation sites excluding steroid dienone is 1. The predicted octanol–water partition coefficient (Wildman–Crippen LogP) is 10.1. The number of aliphatic carboxylic acids is 1. The van der Waals surface area contributed by atoms with Crippen molar-refractivity contribution in [1.82, 2.24) is 9.44 Å². The van der Waals surface area contributed by atoms with Crippen LogP contribution in [-0.2, 0) is 67.2 Å². The minimum absolute atomic E-state index is 0.125. The van der Waals surface area contributed by atoms with Crippen LogP contribution in [0.1, 0.15) is 87.5 Å². The molecule has 0 aromatic heterocycles. The van der Waals surface area contributed by atoms with Gasteiger partial charge in [0.15, 0.2) is 5.78 Å². The second-order valence-corrected chi connectivity index (χ2v) is 17.9. The van der Waals surface area contributed by atoms with E-state index >= 15 is 0 Å². The molecule has 0 spiro atoms. The van der Waals surface area contributed by atoms with Crippen LogP contribution in [-0.4, -0.2) is 33.7 Å². The topological polar surface area (TPSA) is 147 Å². The Morgan fingerprint density at radius 2 is 0.875 bits per heavy atom. The van der Waals surface area contributed by atoms with Crippen molar-refractivity contribution in [3.63, 3.8) is 0 Å². The number of carbonyl (C=O) groups excluding carboxylic acids is 1. The molecule has 0 aliphatic heterocycles. The van der Waals surface area contributed by atoms with Gasteiger partial charge in [0.25, 0.3) is 0 Å². The largest absolute Gasteiger partial charge is 0.478 e. The molecule has 2 aliphatic rings. The van der Waals surface area contributed by atoms with Gasteiger partial charge in [-0.3, -0.25) is 4.79 Å². The smallest absolute Gasteiger partial charge is 0.416 e. The van der Waals surface area contributed by atoms with E-state index in [0.29, 0.717) is 40.7 Å². The summed E-state index contributed by atoms with van der Waals surface area (Å²) in [5.41, 5.74) is -3.10. The number of carbonyl (C=O) groups is 2. The molecule has 4 aromatic rings. The summed E-state index contributed by atoms with van der Waals surface area (Å²) < 4.78 is 212. The Bertz CT molecular complexity index is 2490. The lowest BCUT2D eigenvalue weighted by atomic mass is 10.0. The van der Waals surface area contributed by atoms with E-state index < -0.39 is 94.8 Å². The van der Waals surface area contributed by atoms with E-state index in [9.17, 15) is 79.1 Å². The average Bonchev–Trinajstić information content (AvgIpc) is 3.76. The summed E-state index contributed by atoms with van der Waals surface area (Å²) in [4.78, 5) is 19.4.